The van der Waals surface area contributed by atoms with E-state index in [1.165, 1.54) is 32.9 Å². The molecule has 0 saturated heterocycles. The number of carbonyl (C=O) groups is 1. The number of aromatic hydroxyl groups is 1. The quantitative estimate of drug-likeness (QED) is 0.510. The van der Waals surface area contributed by atoms with E-state index in [4.69, 9.17) is 16.7 Å². The van der Waals surface area contributed by atoms with Crippen LogP contribution >= 0.6 is 11.6 Å². The van der Waals surface area contributed by atoms with E-state index in [1.807, 2.05) is 0 Å². The van der Waals surface area contributed by atoms with E-state index >= 15 is 0 Å². The van der Waals surface area contributed by atoms with Gasteiger partial charge in [0.25, 0.3) is 0 Å². The molecule has 2 atom stereocenters. The molecule has 1 aliphatic carbocycles. The Morgan fingerprint density at radius 3 is 2.61 bits per heavy atom. The second-order valence-corrected chi connectivity index (χ2v) is 10.8. The van der Waals surface area contributed by atoms with Gasteiger partial charge in [-0.3, -0.25) is 0 Å². The molecule has 0 spiro atoms. The van der Waals surface area contributed by atoms with Crippen molar-refractivity contribution < 1.29 is 27.8 Å². The van der Waals surface area contributed by atoms with Gasteiger partial charge < -0.3 is 20.8 Å². The monoisotopic (exact) mass is 436 g/mol. The highest BCUT2D eigenvalue weighted by atomic mass is 35.5. The summed E-state index contributed by atoms with van der Waals surface area (Å²) in [6.45, 7) is 3.86. The van der Waals surface area contributed by atoms with E-state index in [9.17, 15) is 22.7 Å². The smallest absolute Gasteiger partial charge is 0.319 e. The molecule has 4 N–H and O–H groups in total. The lowest BCUT2D eigenvalue weighted by Gasteiger charge is -2.26. The minimum absolute atomic E-state index is 0.0694. The number of alkyl halides is 1. The van der Waals surface area contributed by atoms with Gasteiger partial charge in [-0.25, -0.2) is 17.6 Å². The number of sulfone groups is 1. The average Bonchev–Trinajstić information content (AvgIpc) is 2.88. The number of aliphatic hydroxyl groups excluding tert-OH is 1. The van der Waals surface area contributed by atoms with Crippen molar-refractivity contribution in [3.8, 4) is 5.75 Å². The van der Waals surface area contributed by atoms with Crippen LogP contribution in [0, 0.1) is 0 Å². The molecule has 1 aliphatic rings. The molecule has 0 radical (unpaired) electrons. The van der Waals surface area contributed by atoms with E-state index in [0.29, 0.717) is 19.3 Å². The summed E-state index contributed by atoms with van der Waals surface area (Å²) in [6.07, 6.45) is 1.40. The number of nitrogens with one attached hydrogen (secondary N) is 2. The minimum Gasteiger partial charge on any atom is -0.504 e. The van der Waals surface area contributed by atoms with Gasteiger partial charge in [0.05, 0.1) is 21.5 Å². The third-order valence-corrected chi connectivity index (χ3v) is 8.27. The Labute approximate surface area is 169 Å². The first-order valence-corrected chi connectivity index (χ1v) is 10.8. The molecule has 1 saturated carbocycles. The average molecular weight is 437 g/mol. The molecule has 0 bridgehead atoms. The van der Waals surface area contributed by atoms with Crippen molar-refractivity contribution in [2.75, 3.05) is 11.9 Å². The van der Waals surface area contributed by atoms with Crippen LogP contribution in [0.15, 0.2) is 17.0 Å². The number of carbonyl (C=O) groups excluding carboxylic acids is 1. The first-order chi connectivity index (χ1) is 12.8. The van der Waals surface area contributed by atoms with Gasteiger partial charge in [0.1, 0.15) is 10.6 Å². The molecule has 7 nitrogen and oxygen atoms in total. The Balaban J connectivity index is 2.31. The molecule has 2 amide bonds. The first kappa shape index (κ1) is 22.7. The number of anilines is 1. The van der Waals surface area contributed by atoms with Crippen LogP contribution in [0.5, 0.6) is 5.75 Å². The third-order valence-electron chi connectivity index (χ3n) is 5.23. The van der Waals surface area contributed by atoms with Crippen molar-refractivity contribution in [3.05, 3.63) is 17.2 Å². The summed E-state index contributed by atoms with van der Waals surface area (Å²) in [7, 11) is -4.13. The molecule has 0 aromatic heterocycles. The molecule has 1 aromatic carbocycles. The molecule has 1 aromatic rings. The Bertz CT molecular complexity index is 858. The lowest BCUT2D eigenvalue weighted by atomic mass is 10.0. The van der Waals surface area contributed by atoms with Gasteiger partial charge in [0, 0.05) is 6.61 Å². The molecule has 2 unspecified atom stereocenters. The standard InChI is InChI=1S/C18H26ClFN2O5S/c1-17(2,9-10-23)28(26,27)15-11(19)6-7-12(14(15)24)21-16(25)22-13-5-4-8-18(13,3)20/h6-7,13,23-24H,4-5,8-10H2,1-3H3,(H2,21,22,25). The molecular weight excluding hydrogens is 411 g/mol. The van der Waals surface area contributed by atoms with Crippen LogP contribution in [-0.2, 0) is 9.84 Å². The number of amides is 2. The topological polar surface area (TPSA) is 116 Å². The van der Waals surface area contributed by atoms with Crippen molar-refractivity contribution in [1.82, 2.24) is 5.32 Å². The van der Waals surface area contributed by atoms with E-state index in [-0.39, 0.29) is 23.7 Å². The summed E-state index contributed by atoms with van der Waals surface area (Å²) in [5.74, 6) is -0.705. The Morgan fingerprint density at radius 2 is 2.07 bits per heavy atom. The molecule has 10 heteroatoms. The summed E-state index contributed by atoms with van der Waals surface area (Å²) in [4.78, 5) is 11.7. The highest BCUT2D eigenvalue weighted by Gasteiger charge is 2.41. The van der Waals surface area contributed by atoms with Gasteiger partial charge in [-0.15, -0.1) is 0 Å². The summed E-state index contributed by atoms with van der Waals surface area (Å²) in [6, 6.07) is 1.08. The molecular formula is C18H26ClFN2O5S. The second kappa shape index (κ2) is 8.04. The fourth-order valence-corrected chi connectivity index (χ4v) is 5.31. The van der Waals surface area contributed by atoms with Crippen LogP contribution < -0.4 is 10.6 Å². The molecule has 2 rings (SSSR count). The van der Waals surface area contributed by atoms with Crippen molar-refractivity contribution >= 4 is 33.2 Å². The molecule has 0 heterocycles. The molecule has 28 heavy (non-hydrogen) atoms. The number of phenols is 1. The maximum atomic E-state index is 14.3. The largest absolute Gasteiger partial charge is 0.504 e. The Kier molecular flexibility index (Phi) is 6.52. The zero-order chi connectivity index (χ0) is 21.3. The van der Waals surface area contributed by atoms with Crippen molar-refractivity contribution in [3.63, 3.8) is 0 Å². The van der Waals surface area contributed by atoms with Crippen molar-refractivity contribution in [2.45, 2.75) is 67.8 Å². The van der Waals surface area contributed by atoms with Crippen LogP contribution in [-0.4, -0.2) is 47.7 Å². The van der Waals surface area contributed by atoms with Crippen LogP contribution in [0.4, 0.5) is 14.9 Å². The predicted molar refractivity (Wildman–Crippen MR) is 105 cm³/mol. The van der Waals surface area contributed by atoms with Crippen molar-refractivity contribution in [1.29, 1.82) is 0 Å². The summed E-state index contributed by atoms with van der Waals surface area (Å²) in [5, 5.41) is 24.3. The minimum atomic E-state index is -4.13. The van der Waals surface area contributed by atoms with Gasteiger partial charge in [-0.05, 0) is 58.6 Å². The number of halogens is 2. The molecule has 1 fully saturated rings. The number of rotatable bonds is 6. The van der Waals surface area contributed by atoms with E-state index in [0.717, 1.165) is 0 Å². The summed E-state index contributed by atoms with van der Waals surface area (Å²) in [5.41, 5.74) is -1.69. The van der Waals surface area contributed by atoms with E-state index in [1.54, 1.807) is 0 Å². The fourth-order valence-electron chi connectivity index (χ4n) is 3.25. The highest BCUT2D eigenvalue weighted by molar-refractivity contribution is 7.93. The first-order valence-electron chi connectivity index (χ1n) is 8.97. The normalized spacial score (nSPS) is 22.9. The van der Waals surface area contributed by atoms with Gasteiger partial charge in [-0.2, -0.15) is 0 Å². The Hall–Kier alpha value is -1.58. The third kappa shape index (κ3) is 4.36. The summed E-state index contributed by atoms with van der Waals surface area (Å²) >= 11 is 6.02. The maximum absolute atomic E-state index is 14.3. The van der Waals surface area contributed by atoms with Crippen LogP contribution in [0.3, 0.4) is 0 Å². The summed E-state index contributed by atoms with van der Waals surface area (Å²) < 4.78 is 38.8. The lowest BCUT2D eigenvalue weighted by molar-refractivity contribution is 0.156. The number of urea groups is 1. The van der Waals surface area contributed by atoms with Gasteiger partial charge >= 0.3 is 6.03 Å². The van der Waals surface area contributed by atoms with Crippen molar-refractivity contribution in [2.24, 2.45) is 0 Å². The Morgan fingerprint density at radius 1 is 1.43 bits per heavy atom. The van der Waals surface area contributed by atoms with Gasteiger partial charge in [-0.1, -0.05) is 11.6 Å². The van der Waals surface area contributed by atoms with Gasteiger partial charge in [0.2, 0.25) is 0 Å². The number of aliphatic hydroxyl groups is 1. The van der Waals surface area contributed by atoms with Crippen LogP contribution in [0.1, 0.15) is 46.5 Å². The second-order valence-electron chi connectivity index (χ2n) is 7.83. The SMILES string of the molecule is CC1(F)CCCC1NC(=O)Nc1ccc(Cl)c(S(=O)(=O)C(C)(C)CCO)c1O. The molecule has 0 aliphatic heterocycles. The van der Waals surface area contributed by atoms with E-state index in [2.05, 4.69) is 10.6 Å². The van der Waals surface area contributed by atoms with E-state index < -0.39 is 43.0 Å². The maximum Gasteiger partial charge on any atom is 0.319 e. The van der Waals surface area contributed by atoms with Gasteiger partial charge in [0.15, 0.2) is 15.6 Å². The number of hydrogen-bond acceptors (Lipinski definition) is 5. The van der Waals surface area contributed by atoms with Crippen LogP contribution in [0.25, 0.3) is 0 Å². The fraction of sp³-hybridized carbons (Fsp3) is 0.611. The number of hydrogen-bond donors (Lipinski definition) is 4. The predicted octanol–water partition coefficient (Wildman–Crippen LogP) is 3.38. The molecule has 158 valence electrons. The number of benzene rings is 1. The van der Waals surface area contributed by atoms with Crippen LogP contribution in [0.2, 0.25) is 5.02 Å². The zero-order valence-electron chi connectivity index (χ0n) is 16.1. The lowest BCUT2D eigenvalue weighted by Crippen LogP contribution is -2.46. The zero-order valence-corrected chi connectivity index (χ0v) is 17.6. The number of phenolic OH excluding ortho intramolecular Hbond substituents is 1. The highest BCUT2D eigenvalue weighted by Crippen LogP contribution is 2.42.